The average Bonchev–Trinajstić information content (AvgIpc) is 2.92. The van der Waals surface area contributed by atoms with Gasteiger partial charge in [0.15, 0.2) is 0 Å². The van der Waals surface area contributed by atoms with Gasteiger partial charge in [0.05, 0.1) is 6.42 Å². The van der Waals surface area contributed by atoms with Crippen LogP contribution in [0.15, 0.2) is 48.7 Å². The number of amides is 1. The second-order valence-corrected chi connectivity index (χ2v) is 5.55. The number of carbonyl (C=O) groups excluding carboxylic acids is 1. The van der Waals surface area contributed by atoms with E-state index in [-0.39, 0.29) is 5.91 Å². The molecule has 0 saturated carbocycles. The van der Waals surface area contributed by atoms with Crippen LogP contribution in [-0.4, -0.2) is 10.9 Å². The number of para-hydroxylation sites is 2. The summed E-state index contributed by atoms with van der Waals surface area (Å²) in [6.45, 7) is 4.13. The summed E-state index contributed by atoms with van der Waals surface area (Å²) in [6.07, 6.45) is 3.20. The third-order valence-corrected chi connectivity index (χ3v) is 4.03. The zero-order valence-corrected chi connectivity index (χ0v) is 12.9. The summed E-state index contributed by atoms with van der Waals surface area (Å²) in [4.78, 5) is 15.6. The Morgan fingerprint density at radius 3 is 2.73 bits per heavy atom. The van der Waals surface area contributed by atoms with E-state index < -0.39 is 0 Å². The molecule has 0 aliphatic carbocycles. The fourth-order valence-electron chi connectivity index (χ4n) is 2.84. The maximum absolute atomic E-state index is 12.4. The van der Waals surface area contributed by atoms with Crippen LogP contribution < -0.4 is 5.32 Å². The highest BCUT2D eigenvalue weighted by molar-refractivity contribution is 5.96. The summed E-state index contributed by atoms with van der Waals surface area (Å²) in [5.41, 5.74) is 5.32. The summed E-state index contributed by atoms with van der Waals surface area (Å²) >= 11 is 0. The number of fused-ring (bicyclic) bond motifs is 1. The van der Waals surface area contributed by atoms with Gasteiger partial charge in [-0.2, -0.15) is 0 Å². The Morgan fingerprint density at radius 1 is 1.09 bits per heavy atom. The summed E-state index contributed by atoms with van der Waals surface area (Å²) in [5.74, 6) is 0.0220. The number of carbonyl (C=O) groups is 1. The predicted octanol–water partition coefficient (Wildman–Crippen LogP) is 4.22. The first kappa shape index (κ1) is 14.4. The van der Waals surface area contributed by atoms with Crippen LogP contribution in [-0.2, 0) is 17.6 Å². The van der Waals surface area contributed by atoms with E-state index in [2.05, 4.69) is 23.3 Å². The molecular weight excluding hydrogens is 272 g/mol. The van der Waals surface area contributed by atoms with Gasteiger partial charge in [-0.15, -0.1) is 0 Å². The van der Waals surface area contributed by atoms with Gasteiger partial charge in [-0.05, 0) is 36.1 Å². The van der Waals surface area contributed by atoms with E-state index in [0.29, 0.717) is 6.42 Å². The molecule has 3 nitrogen and oxygen atoms in total. The Balaban J connectivity index is 1.81. The van der Waals surface area contributed by atoms with Crippen molar-refractivity contribution in [1.29, 1.82) is 0 Å². The minimum absolute atomic E-state index is 0.0220. The van der Waals surface area contributed by atoms with Crippen molar-refractivity contribution in [3.05, 3.63) is 65.4 Å². The molecule has 0 unspecified atom stereocenters. The number of aryl methyl sites for hydroxylation is 2. The van der Waals surface area contributed by atoms with Crippen molar-refractivity contribution in [2.24, 2.45) is 0 Å². The monoisotopic (exact) mass is 292 g/mol. The predicted molar refractivity (Wildman–Crippen MR) is 91.2 cm³/mol. The first-order valence-electron chi connectivity index (χ1n) is 7.62. The molecule has 3 aromatic rings. The van der Waals surface area contributed by atoms with E-state index in [9.17, 15) is 4.79 Å². The molecular formula is C19H20N2O. The Hall–Kier alpha value is -2.55. The Bertz CT molecular complexity index is 817. The molecule has 22 heavy (non-hydrogen) atoms. The summed E-state index contributed by atoms with van der Waals surface area (Å²) < 4.78 is 0. The minimum atomic E-state index is 0.0220. The molecule has 1 aromatic heterocycles. The standard InChI is InChI=1S/C19H20N2O/c1-3-14-8-6-7-13(2)19(14)21-18(22)11-15-12-20-17-10-5-4-9-16(15)17/h4-10,12,20H,3,11H2,1-2H3,(H,21,22). The Morgan fingerprint density at radius 2 is 1.91 bits per heavy atom. The van der Waals surface area contributed by atoms with Gasteiger partial charge in [-0.1, -0.05) is 43.3 Å². The van der Waals surface area contributed by atoms with Gasteiger partial charge in [0.2, 0.25) is 5.91 Å². The summed E-state index contributed by atoms with van der Waals surface area (Å²) in [6, 6.07) is 14.2. The maximum Gasteiger partial charge on any atom is 0.228 e. The van der Waals surface area contributed by atoms with E-state index >= 15 is 0 Å². The van der Waals surface area contributed by atoms with Crippen LogP contribution in [0.25, 0.3) is 10.9 Å². The number of aromatic amines is 1. The molecule has 0 atom stereocenters. The van der Waals surface area contributed by atoms with Crippen LogP contribution in [0.2, 0.25) is 0 Å². The first-order valence-corrected chi connectivity index (χ1v) is 7.62. The molecule has 2 N–H and O–H groups in total. The lowest BCUT2D eigenvalue weighted by Crippen LogP contribution is -2.16. The van der Waals surface area contributed by atoms with Crippen molar-refractivity contribution in [2.45, 2.75) is 26.7 Å². The van der Waals surface area contributed by atoms with Gasteiger partial charge in [-0.25, -0.2) is 0 Å². The molecule has 0 aliphatic rings. The highest BCUT2D eigenvalue weighted by Crippen LogP contribution is 2.22. The molecule has 1 heterocycles. The van der Waals surface area contributed by atoms with Gasteiger partial charge in [0.1, 0.15) is 0 Å². The number of aromatic nitrogens is 1. The second-order valence-electron chi connectivity index (χ2n) is 5.55. The molecule has 0 fully saturated rings. The molecule has 2 aromatic carbocycles. The van der Waals surface area contributed by atoms with E-state index in [1.807, 2.05) is 49.5 Å². The number of benzene rings is 2. The quantitative estimate of drug-likeness (QED) is 0.743. The minimum Gasteiger partial charge on any atom is -0.361 e. The first-order chi connectivity index (χ1) is 10.7. The lowest BCUT2D eigenvalue weighted by molar-refractivity contribution is -0.115. The largest absolute Gasteiger partial charge is 0.361 e. The molecule has 3 heteroatoms. The average molecular weight is 292 g/mol. The fraction of sp³-hybridized carbons (Fsp3) is 0.211. The Kier molecular flexibility index (Phi) is 3.96. The van der Waals surface area contributed by atoms with Crippen molar-refractivity contribution >= 4 is 22.5 Å². The normalized spacial score (nSPS) is 10.8. The molecule has 0 saturated heterocycles. The maximum atomic E-state index is 12.4. The zero-order chi connectivity index (χ0) is 15.5. The molecule has 0 radical (unpaired) electrons. The van der Waals surface area contributed by atoms with Crippen LogP contribution in [0.4, 0.5) is 5.69 Å². The van der Waals surface area contributed by atoms with Crippen molar-refractivity contribution in [2.75, 3.05) is 5.32 Å². The van der Waals surface area contributed by atoms with Gasteiger partial charge >= 0.3 is 0 Å². The van der Waals surface area contributed by atoms with E-state index in [4.69, 9.17) is 0 Å². The van der Waals surface area contributed by atoms with Crippen molar-refractivity contribution in [3.8, 4) is 0 Å². The molecule has 0 spiro atoms. The fourth-order valence-corrected chi connectivity index (χ4v) is 2.84. The molecule has 0 aliphatic heterocycles. The molecule has 1 amide bonds. The van der Waals surface area contributed by atoms with Gasteiger partial charge < -0.3 is 10.3 Å². The van der Waals surface area contributed by atoms with E-state index in [1.54, 1.807) is 0 Å². The van der Waals surface area contributed by atoms with Crippen molar-refractivity contribution < 1.29 is 4.79 Å². The van der Waals surface area contributed by atoms with Crippen LogP contribution in [0.3, 0.4) is 0 Å². The number of hydrogen-bond donors (Lipinski definition) is 2. The highest BCUT2D eigenvalue weighted by Gasteiger charge is 2.11. The zero-order valence-electron chi connectivity index (χ0n) is 12.9. The highest BCUT2D eigenvalue weighted by atomic mass is 16.1. The summed E-state index contributed by atoms with van der Waals surface area (Å²) in [7, 11) is 0. The van der Waals surface area contributed by atoms with E-state index in [1.165, 1.54) is 5.56 Å². The van der Waals surface area contributed by atoms with Crippen molar-refractivity contribution in [3.63, 3.8) is 0 Å². The van der Waals surface area contributed by atoms with Crippen LogP contribution in [0, 0.1) is 6.92 Å². The molecule has 3 rings (SSSR count). The third-order valence-electron chi connectivity index (χ3n) is 4.03. The molecule has 112 valence electrons. The van der Waals surface area contributed by atoms with Crippen molar-refractivity contribution in [1.82, 2.24) is 4.98 Å². The topological polar surface area (TPSA) is 44.9 Å². The summed E-state index contributed by atoms with van der Waals surface area (Å²) in [5, 5.41) is 4.19. The number of nitrogens with one attached hydrogen (secondary N) is 2. The number of H-pyrrole nitrogens is 1. The van der Waals surface area contributed by atoms with Crippen LogP contribution >= 0.6 is 0 Å². The lowest BCUT2D eigenvalue weighted by atomic mass is 10.1. The smallest absolute Gasteiger partial charge is 0.228 e. The SMILES string of the molecule is CCc1cccc(C)c1NC(=O)Cc1c[nH]c2ccccc12. The molecule has 0 bridgehead atoms. The van der Waals surface area contributed by atoms with Gasteiger partial charge in [0.25, 0.3) is 0 Å². The number of anilines is 1. The second kappa shape index (κ2) is 6.06. The number of hydrogen-bond acceptors (Lipinski definition) is 1. The third kappa shape index (κ3) is 2.75. The lowest BCUT2D eigenvalue weighted by Gasteiger charge is -2.12. The van der Waals surface area contributed by atoms with E-state index in [0.717, 1.165) is 34.1 Å². The Labute approximate surface area is 130 Å². The number of rotatable bonds is 4. The van der Waals surface area contributed by atoms with Crippen LogP contribution in [0.5, 0.6) is 0 Å². The van der Waals surface area contributed by atoms with Crippen LogP contribution in [0.1, 0.15) is 23.6 Å². The van der Waals surface area contributed by atoms with Gasteiger partial charge in [0, 0.05) is 22.8 Å². The van der Waals surface area contributed by atoms with Gasteiger partial charge in [-0.3, -0.25) is 4.79 Å².